The molecule has 1 aliphatic heterocycles. The SMILES string of the molecule is Cn1cnc(S(=O)(=O)N2C[C@H](NC(=O)c3ccc(C(F)(F)F)cc3)[C@@H](c3ccccc3)C2)c1. The smallest absolute Gasteiger partial charge is 0.347 e. The summed E-state index contributed by atoms with van der Waals surface area (Å²) in [5.74, 6) is -0.921. The number of carbonyl (C=O) groups is 1. The average Bonchev–Trinajstić information content (AvgIpc) is 3.41. The van der Waals surface area contributed by atoms with Crippen molar-refractivity contribution in [2.75, 3.05) is 13.1 Å². The fourth-order valence-electron chi connectivity index (χ4n) is 3.86. The minimum absolute atomic E-state index is 0.00480. The van der Waals surface area contributed by atoms with E-state index in [1.54, 1.807) is 7.05 Å². The van der Waals surface area contributed by atoms with E-state index in [2.05, 4.69) is 10.3 Å². The highest BCUT2D eigenvalue weighted by Crippen LogP contribution is 2.32. The van der Waals surface area contributed by atoms with E-state index in [1.807, 2.05) is 30.3 Å². The number of nitrogens with zero attached hydrogens (tertiary/aromatic N) is 3. The fourth-order valence-corrected chi connectivity index (χ4v) is 5.32. The van der Waals surface area contributed by atoms with Crippen molar-refractivity contribution in [2.24, 2.45) is 7.05 Å². The van der Waals surface area contributed by atoms with E-state index in [1.165, 1.54) is 21.4 Å². The summed E-state index contributed by atoms with van der Waals surface area (Å²) in [4.78, 5) is 16.7. The van der Waals surface area contributed by atoms with E-state index in [0.717, 1.165) is 29.8 Å². The van der Waals surface area contributed by atoms with Gasteiger partial charge in [-0.25, -0.2) is 13.4 Å². The Hall–Kier alpha value is -3.18. The van der Waals surface area contributed by atoms with Crippen LogP contribution in [0.4, 0.5) is 13.2 Å². The highest BCUT2D eigenvalue weighted by Gasteiger charge is 2.41. The second kappa shape index (κ2) is 8.64. The van der Waals surface area contributed by atoms with Gasteiger partial charge in [0.1, 0.15) is 0 Å². The third-order valence-corrected chi connectivity index (χ3v) is 7.31. The lowest BCUT2D eigenvalue weighted by molar-refractivity contribution is -0.137. The molecule has 0 bridgehead atoms. The molecule has 33 heavy (non-hydrogen) atoms. The molecule has 7 nitrogen and oxygen atoms in total. The van der Waals surface area contributed by atoms with Crippen molar-refractivity contribution in [3.05, 3.63) is 83.8 Å². The predicted molar refractivity (Wildman–Crippen MR) is 114 cm³/mol. The van der Waals surface area contributed by atoms with Crippen LogP contribution in [0.25, 0.3) is 0 Å². The van der Waals surface area contributed by atoms with Crippen LogP contribution < -0.4 is 5.32 Å². The highest BCUT2D eigenvalue weighted by atomic mass is 32.2. The number of imidazole rings is 1. The molecule has 2 atom stereocenters. The molecule has 1 amide bonds. The zero-order valence-corrected chi connectivity index (χ0v) is 18.3. The second-order valence-corrected chi connectivity index (χ2v) is 9.76. The number of nitrogens with one attached hydrogen (secondary N) is 1. The Bertz CT molecular complexity index is 1240. The van der Waals surface area contributed by atoms with Gasteiger partial charge in [0.2, 0.25) is 0 Å². The van der Waals surface area contributed by atoms with Gasteiger partial charge in [-0.15, -0.1) is 0 Å². The summed E-state index contributed by atoms with van der Waals surface area (Å²) in [6.07, 6.45) is -1.71. The zero-order valence-electron chi connectivity index (χ0n) is 17.5. The first kappa shape index (κ1) is 23.0. The zero-order chi connectivity index (χ0) is 23.8. The molecule has 174 valence electrons. The van der Waals surface area contributed by atoms with E-state index in [-0.39, 0.29) is 29.6 Å². The molecule has 0 aliphatic carbocycles. The van der Waals surface area contributed by atoms with Gasteiger partial charge >= 0.3 is 6.18 Å². The van der Waals surface area contributed by atoms with Crippen LogP contribution >= 0.6 is 0 Å². The predicted octanol–water partition coefficient (Wildman–Crippen LogP) is 3.03. The Morgan fingerprint density at radius 3 is 2.30 bits per heavy atom. The molecule has 1 aromatic heterocycles. The number of carbonyl (C=O) groups excluding carboxylic acids is 1. The summed E-state index contributed by atoms with van der Waals surface area (Å²) in [6, 6.07) is 12.5. The Morgan fingerprint density at radius 1 is 1.06 bits per heavy atom. The number of benzene rings is 2. The fraction of sp³-hybridized carbons (Fsp3) is 0.273. The Balaban J connectivity index is 1.58. The molecule has 3 aromatic rings. The molecule has 4 rings (SSSR count). The van der Waals surface area contributed by atoms with Crippen molar-refractivity contribution >= 4 is 15.9 Å². The molecular weight excluding hydrogens is 457 g/mol. The van der Waals surface area contributed by atoms with Crippen LogP contribution in [0.5, 0.6) is 0 Å². The highest BCUT2D eigenvalue weighted by molar-refractivity contribution is 7.89. The second-order valence-electron chi connectivity index (χ2n) is 7.87. The quantitative estimate of drug-likeness (QED) is 0.611. The molecular formula is C22H21F3N4O3S. The van der Waals surface area contributed by atoms with Gasteiger partial charge in [-0.2, -0.15) is 17.5 Å². The number of hydrogen-bond donors (Lipinski definition) is 1. The van der Waals surface area contributed by atoms with Crippen LogP contribution in [0.15, 0.2) is 72.1 Å². The van der Waals surface area contributed by atoms with Crippen LogP contribution in [-0.4, -0.2) is 47.3 Å². The van der Waals surface area contributed by atoms with Crippen LogP contribution in [0.2, 0.25) is 0 Å². The van der Waals surface area contributed by atoms with Crippen molar-refractivity contribution in [1.82, 2.24) is 19.2 Å². The Labute approximate surface area is 188 Å². The summed E-state index contributed by atoms with van der Waals surface area (Å²) >= 11 is 0. The number of halogens is 3. The number of rotatable bonds is 5. The first-order valence-corrected chi connectivity index (χ1v) is 11.5. The van der Waals surface area contributed by atoms with Crippen molar-refractivity contribution in [2.45, 2.75) is 23.2 Å². The molecule has 1 N–H and O–H groups in total. The molecule has 0 saturated carbocycles. The third kappa shape index (κ3) is 4.79. The van der Waals surface area contributed by atoms with Gasteiger partial charge in [-0.1, -0.05) is 30.3 Å². The van der Waals surface area contributed by atoms with Crippen molar-refractivity contribution in [3.63, 3.8) is 0 Å². The van der Waals surface area contributed by atoms with Crippen molar-refractivity contribution < 1.29 is 26.4 Å². The summed E-state index contributed by atoms with van der Waals surface area (Å²) in [6.45, 7) is 0.131. The molecule has 1 saturated heterocycles. The minimum Gasteiger partial charge on any atom is -0.347 e. The normalized spacial score (nSPS) is 19.5. The van der Waals surface area contributed by atoms with Crippen LogP contribution in [0.3, 0.4) is 0 Å². The van der Waals surface area contributed by atoms with Gasteiger partial charge in [0.15, 0.2) is 5.03 Å². The van der Waals surface area contributed by atoms with Gasteiger partial charge in [0.05, 0.1) is 17.9 Å². The van der Waals surface area contributed by atoms with Gasteiger partial charge < -0.3 is 9.88 Å². The molecule has 1 aliphatic rings. The van der Waals surface area contributed by atoms with Gasteiger partial charge in [0, 0.05) is 37.8 Å². The van der Waals surface area contributed by atoms with E-state index in [9.17, 15) is 26.4 Å². The lowest BCUT2D eigenvalue weighted by Gasteiger charge is -2.20. The van der Waals surface area contributed by atoms with Crippen LogP contribution in [-0.2, 0) is 23.2 Å². The van der Waals surface area contributed by atoms with E-state index < -0.39 is 33.7 Å². The van der Waals surface area contributed by atoms with E-state index in [4.69, 9.17) is 0 Å². The lowest BCUT2D eigenvalue weighted by atomic mass is 9.94. The summed E-state index contributed by atoms with van der Waals surface area (Å²) in [7, 11) is -2.23. The first-order chi connectivity index (χ1) is 15.6. The monoisotopic (exact) mass is 478 g/mol. The molecule has 1 fully saturated rings. The summed E-state index contributed by atoms with van der Waals surface area (Å²) in [5.41, 5.74) is 0.0458. The molecule has 11 heteroatoms. The standard InChI is InChI=1S/C22H21F3N4O3S/c1-28-13-20(26-14-28)33(31,32)29-11-18(15-5-3-2-4-6-15)19(12-29)27-21(30)16-7-9-17(10-8-16)22(23,24)25/h2-10,13-14,18-19H,11-12H2,1H3,(H,27,30)/t18-,19+/m1/s1. The first-order valence-electron chi connectivity index (χ1n) is 10.1. The Morgan fingerprint density at radius 2 is 1.73 bits per heavy atom. The third-order valence-electron chi connectivity index (χ3n) is 5.59. The Kier molecular flexibility index (Phi) is 6.02. The summed E-state index contributed by atoms with van der Waals surface area (Å²) < 4.78 is 67.4. The molecule has 0 spiro atoms. The minimum atomic E-state index is -4.50. The summed E-state index contributed by atoms with van der Waals surface area (Å²) in [5, 5.41) is 2.72. The van der Waals surface area contributed by atoms with Gasteiger partial charge in [-0.3, -0.25) is 4.79 Å². The number of hydrogen-bond acceptors (Lipinski definition) is 4. The van der Waals surface area contributed by atoms with E-state index >= 15 is 0 Å². The van der Waals surface area contributed by atoms with Crippen LogP contribution in [0, 0.1) is 0 Å². The number of aryl methyl sites for hydroxylation is 1. The molecule has 0 radical (unpaired) electrons. The molecule has 0 unspecified atom stereocenters. The number of alkyl halides is 3. The largest absolute Gasteiger partial charge is 0.416 e. The van der Waals surface area contributed by atoms with Gasteiger partial charge in [0.25, 0.3) is 15.9 Å². The van der Waals surface area contributed by atoms with Gasteiger partial charge in [-0.05, 0) is 29.8 Å². The maximum absolute atomic E-state index is 13.1. The molecule has 2 aromatic carbocycles. The van der Waals surface area contributed by atoms with Crippen LogP contribution in [0.1, 0.15) is 27.4 Å². The maximum Gasteiger partial charge on any atom is 0.416 e. The van der Waals surface area contributed by atoms with Crippen molar-refractivity contribution in [3.8, 4) is 0 Å². The lowest BCUT2D eigenvalue weighted by Crippen LogP contribution is -2.40. The number of aromatic nitrogens is 2. The molecule has 2 heterocycles. The van der Waals surface area contributed by atoms with Crippen molar-refractivity contribution in [1.29, 1.82) is 0 Å². The van der Waals surface area contributed by atoms with E-state index in [0.29, 0.717) is 0 Å². The topological polar surface area (TPSA) is 84.3 Å². The average molecular weight is 478 g/mol. The maximum atomic E-state index is 13.1. The number of sulfonamides is 1. The number of amides is 1.